The molecule has 0 heterocycles. The molecule has 0 amide bonds. The summed E-state index contributed by atoms with van der Waals surface area (Å²) in [5.41, 5.74) is 6.61. The molecule has 2 N–H and O–H groups in total. The lowest BCUT2D eigenvalue weighted by molar-refractivity contribution is 0.915. The van der Waals surface area contributed by atoms with Gasteiger partial charge in [-0.3, -0.25) is 0 Å². The number of nitrogens with two attached hydrogens (primary N) is 1. The van der Waals surface area contributed by atoms with Crippen molar-refractivity contribution in [1.29, 1.82) is 0 Å². The van der Waals surface area contributed by atoms with Gasteiger partial charge in [0.25, 0.3) is 0 Å². The normalized spacial score (nSPS) is 12.5. The van der Waals surface area contributed by atoms with E-state index in [0.717, 1.165) is 5.56 Å². The molecule has 0 radical (unpaired) electrons. The van der Waals surface area contributed by atoms with Gasteiger partial charge in [-0.2, -0.15) is 0 Å². The van der Waals surface area contributed by atoms with Crippen LogP contribution in [0.3, 0.4) is 0 Å². The Labute approximate surface area is 71.5 Å². The molecule has 1 atom stereocenters. The highest BCUT2D eigenvalue weighted by Crippen LogP contribution is 2.20. The summed E-state index contributed by atoms with van der Waals surface area (Å²) in [6.45, 7) is 3.59. The van der Waals surface area contributed by atoms with Gasteiger partial charge in [0, 0.05) is 11.1 Å². The van der Waals surface area contributed by atoms with Crippen molar-refractivity contribution in [3.63, 3.8) is 0 Å². The molecule has 0 aliphatic carbocycles. The van der Waals surface area contributed by atoms with Crippen LogP contribution in [0.2, 0.25) is 5.02 Å². The second-order valence-electron chi connectivity index (χ2n) is 2.28. The molecule has 2 heteroatoms. The first-order valence-corrected chi connectivity index (χ1v) is 3.76. The molecule has 0 aromatic heterocycles. The van der Waals surface area contributed by atoms with Crippen LogP contribution in [0.1, 0.15) is 11.6 Å². The largest absolute Gasteiger partial charge is 0.321 e. The molecule has 1 aromatic carbocycles. The van der Waals surface area contributed by atoms with Gasteiger partial charge in [-0.25, -0.2) is 0 Å². The first-order chi connectivity index (χ1) is 5.25. The van der Waals surface area contributed by atoms with Crippen molar-refractivity contribution in [3.05, 3.63) is 47.5 Å². The molecule has 0 aliphatic rings. The van der Waals surface area contributed by atoms with Crippen molar-refractivity contribution in [2.75, 3.05) is 0 Å². The van der Waals surface area contributed by atoms with Crippen LogP contribution >= 0.6 is 11.6 Å². The summed E-state index contributed by atoms with van der Waals surface area (Å²) in [5, 5.41) is 0.694. The molecule has 0 bridgehead atoms. The number of rotatable bonds is 2. The smallest absolute Gasteiger partial charge is 0.0493 e. The number of halogens is 1. The van der Waals surface area contributed by atoms with E-state index in [1.165, 1.54) is 0 Å². The third kappa shape index (κ3) is 1.82. The third-order valence-corrected chi connectivity index (χ3v) is 1.86. The standard InChI is InChI=1S/C9H10ClN/c1-2-9(11)7-5-3-4-6-8(7)10/h2-6,9H,1,11H2/t9-/m1/s1. The van der Waals surface area contributed by atoms with E-state index in [1.54, 1.807) is 6.08 Å². The molecule has 11 heavy (non-hydrogen) atoms. The molecule has 58 valence electrons. The SMILES string of the molecule is C=C[C@@H](N)c1ccccc1Cl. The van der Waals surface area contributed by atoms with Crippen molar-refractivity contribution in [1.82, 2.24) is 0 Å². The summed E-state index contributed by atoms with van der Waals surface area (Å²) in [7, 11) is 0. The van der Waals surface area contributed by atoms with Crippen molar-refractivity contribution in [3.8, 4) is 0 Å². The Morgan fingerprint density at radius 3 is 2.64 bits per heavy atom. The highest BCUT2D eigenvalue weighted by molar-refractivity contribution is 6.31. The molecule has 0 unspecified atom stereocenters. The molecule has 0 aliphatic heterocycles. The fourth-order valence-corrected chi connectivity index (χ4v) is 1.13. The Kier molecular flexibility index (Phi) is 2.69. The highest BCUT2D eigenvalue weighted by atomic mass is 35.5. The molecule has 0 saturated heterocycles. The Morgan fingerprint density at radius 2 is 2.09 bits per heavy atom. The predicted octanol–water partition coefficient (Wildman–Crippen LogP) is 2.53. The quantitative estimate of drug-likeness (QED) is 0.674. The van der Waals surface area contributed by atoms with E-state index in [0.29, 0.717) is 5.02 Å². The minimum Gasteiger partial charge on any atom is -0.321 e. The van der Waals surface area contributed by atoms with Gasteiger partial charge >= 0.3 is 0 Å². The summed E-state index contributed by atoms with van der Waals surface area (Å²) in [6, 6.07) is 7.34. The zero-order chi connectivity index (χ0) is 8.27. The van der Waals surface area contributed by atoms with Crippen molar-refractivity contribution in [2.45, 2.75) is 6.04 Å². The Morgan fingerprint density at radius 1 is 1.45 bits per heavy atom. The van der Waals surface area contributed by atoms with Crippen molar-refractivity contribution >= 4 is 11.6 Å². The van der Waals surface area contributed by atoms with Gasteiger partial charge in [-0.1, -0.05) is 35.9 Å². The maximum absolute atomic E-state index is 5.87. The molecule has 1 aromatic rings. The Balaban J connectivity index is 3.02. The van der Waals surface area contributed by atoms with Crippen LogP contribution in [-0.2, 0) is 0 Å². The molecule has 0 spiro atoms. The van der Waals surface area contributed by atoms with Crippen LogP contribution in [0.25, 0.3) is 0 Å². The van der Waals surface area contributed by atoms with Crippen LogP contribution in [0, 0.1) is 0 Å². The summed E-state index contributed by atoms with van der Waals surface area (Å²) < 4.78 is 0. The summed E-state index contributed by atoms with van der Waals surface area (Å²) in [4.78, 5) is 0. The minimum atomic E-state index is -0.163. The van der Waals surface area contributed by atoms with E-state index >= 15 is 0 Å². The van der Waals surface area contributed by atoms with Gasteiger partial charge in [0.1, 0.15) is 0 Å². The molecule has 0 saturated carbocycles. The Bertz CT molecular complexity index is 257. The number of benzene rings is 1. The van der Waals surface area contributed by atoms with Crippen LogP contribution in [0.4, 0.5) is 0 Å². The average Bonchev–Trinajstić information content (AvgIpc) is 2.04. The van der Waals surface area contributed by atoms with Crippen LogP contribution in [-0.4, -0.2) is 0 Å². The average molecular weight is 168 g/mol. The van der Waals surface area contributed by atoms with Crippen LogP contribution in [0.15, 0.2) is 36.9 Å². The van der Waals surface area contributed by atoms with Gasteiger partial charge in [0.2, 0.25) is 0 Å². The lowest BCUT2D eigenvalue weighted by Crippen LogP contribution is -2.06. The lowest BCUT2D eigenvalue weighted by Gasteiger charge is -2.07. The second-order valence-corrected chi connectivity index (χ2v) is 2.69. The molecule has 1 rings (SSSR count). The van der Waals surface area contributed by atoms with Gasteiger partial charge in [-0.15, -0.1) is 6.58 Å². The van der Waals surface area contributed by atoms with Gasteiger partial charge in [0.05, 0.1) is 0 Å². The summed E-state index contributed by atoms with van der Waals surface area (Å²) >= 11 is 5.87. The molecular formula is C9H10ClN. The van der Waals surface area contributed by atoms with Crippen LogP contribution < -0.4 is 5.73 Å². The van der Waals surface area contributed by atoms with E-state index < -0.39 is 0 Å². The second kappa shape index (κ2) is 3.56. The zero-order valence-electron chi connectivity index (χ0n) is 6.13. The minimum absolute atomic E-state index is 0.163. The van der Waals surface area contributed by atoms with Gasteiger partial charge in [-0.05, 0) is 11.6 Å². The molecule has 0 fully saturated rings. The van der Waals surface area contributed by atoms with E-state index in [-0.39, 0.29) is 6.04 Å². The van der Waals surface area contributed by atoms with Gasteiger partial charge in [0.15, 0.2) is 0 Å². The lowest BCUT2D eigenvalue weighted by atomic mass is 10.1. The summed E-state index contributed by atoms with van der Waals surface area (Å²) in [5.74, 6) is 0. The first-order valence-electron chi connectivity index (χ1n) is 3.38. The first kappa shape index (κ1) is 8.31. The van der Waals surface area contributed by atoms with Gasteiger partial charge < -0.3 is 5.73 Å². The van der Waals surface area contributed by atoms with Crippen molar-refractivity contribution < 1.29 is 0 Å². The fourth-order valence-electron chi connectivity index (χ4n) is 0.872. The Hall–Kier alpha value is -0.790. The van der Waals surface area contributed by atoms with E-state index in [1.807, 2.05) is 24.3 Å². The number of hydrogen-bond acceptors (Lipinski definition) is 1. The molecule has 1 nitrogen and oxygen atoms in total. The van der Waals surface area contributed by atoms with E-state index in [4.69, 9.17) is 17.3 Å². The zero-order valence-corrected chi connectivity index (χ0v) is 6.88. The maximum Gasteiger partial charge on any atom is 0.0493 e. The van der Waals surface area contributed by atoms with Crippen LogP contribution in [0.5, 0.6) is 0 Å². The predicted molar refractivity (Wildman–Crippen MR) is 48.6 cm³/mol. The fraction of sp³-hybridized carbons (Fsp3) is 0.111. The highest BCUT2D eigenvalue weighted by Gasteiger charge is 2.03. The van der Waals surface area contributed by atoms with Crippen molar-refractivity contribution in [2.24, 2.45) is 5.73 Å². The molecular weight excluding hydrogens is 158 g/mol. The number of hydrogen-bond donors (Lipinski definition) is 1. The third-order valence-electron chi connectivity index (χ3n) is 1.52. The van der Waals surface area contributed by atoms with E-state index in [2.05, 4.69) is 6.58 Å². The van der Waals surface area contributed by atoms with E-state index in [9.17, 15) is 0 Å². The monoisotopic (exact) mass is 167 g/mol. The topological polar surface area (TPSA) is 26.0 Å². The maximum atomic E-state index is 5.87. The summed E-state index contributed by atoms with van der Waals surface area (Å²) in [6.07, 6.45) is 1.67.